The van der Waals surface area contributed by atoms with Crippen molar-refractivity contribution < 1.29 is 30.0 Å². The molecule has 6 nitrogen and oxygen atoms in total. The summed E-state index contributed by atoms with van der Waals surface area (Å²) in [5.41, 5.74) is 3.18. The highest BCUT2D eigenvalue weighted by atomic mass is 16.5. The van der Waals surface area contributed by atoms with E-state index in [9.17, 15) is 25.2 Å². The Bertz CT molecular complexity index is 1060. The molecule has 0 radical (unpaired) electrons. The Morgan fingerprint density at radius 3 is 2.45 bits per heavy atom. The summed E-state index contributed by atoms with van der Waals surface area (Å²) in [5, 5.41) is 40.5. The normalized spacial score (nSPS) is 15.9. The average Bonchev–Trinajstić information content (AvgIpc) is 2.66. The molecule has 0 amide bonds. The Labute approximate surface area is 181 Å². The number of carbonyl (C=O) groups is 1. The van der Waals surface area contributed by atoms with Crippen molar-refractivity contribution in [3.05, 3.63) is 64.3 Å². The number of ketones is 1. The van der Waals surface area contributed by atoms with E-state index in [4.69, 9.17) is 4.74 Å². The lowest BCUT2D eigenvalue weighted by atomic mass is 9.91. The van der Waals surface area contributed by atoms with Gasteiger partial charge in [0.2, 0.25) is 0 Å². The minimum absolute atomic E-state index is 0.0397. The van der Waals surface area contributed by atoms with Gasteiger partial charge in [-0.2, -0.15) is 0 Å². The molecule has 31 heavy (non-hydrogen) atoms. The van der Waals surface area contributed by atoms with Crippen molar-refractivity contribution in [1.82, 2.24) is 0 Å². The lowest BCUT2D eigenvalue weighted by Crippen LogP contribution is -2.21. The number of aromatic hydroxyl groups is 4. The van der Waals surface area contributed by atoms with Crippen molar-refractivity contribution in [3.63, 3.8) is 0 Å². The van der Waals surface area contributed by atoms with E-state index in [1.54, 1.807) is 0 Å². The third-order valence-corrected chi connectivity index (χ3v) is 5.36. The summed E-state index contributed by atoms with van der Waals surface area (Å²) < 4.78 is 6.03. The van der Waals surface area contributed by atoms with Gasteiger partial charge in [0.25, 0.3) is 0 Å². The van der Waals surface area contributed by atoms with Gasteiger partial charge in [0.15, 0.2) is 5.78 Å². The van der Waals surface area contributed by atoms with Crippen molar-refractivity contribution >= 4 is 5.78 Å². The minimum atomic E-state index is -0.803. The van der Waals surface area contributed by atoms with Crippen LogP contribution < -0.4 is 4.74 Å². The molecule has 2 aromatic carbocycles. The zero-order valence-electron chi connectivity index (χ0n) is 18.0. The second-order valence-corrected chi connectivity index (χ2v) is 8.15. The molecule has 2 aromatic rings. The molecular formula is C25H28O6. The fourth-order valence-electron chi connectivity index (χ4n) is 3.67. The van der Waals surface area contributed by atoms with Crippen molar-refractivity contribution in [2.45, 2.75) is 52.6 Å². The number of hydrogen-bond donors (Lipinski definition) is 4. The Hall–Kier alpha value is -3.41. The largest absolute Gasteiger partial charge is 0.508 e. The number of rotatable bonds is 6. The predicted octanol–water partition coefficient (Wildman–Crippen LogP) is 5.45. The molecule has 1 aliphatic heterocycles. The first-order valence-corrected chi connectivity index (χ1v) is 10.3. The van der Waals surface area contributed by atoms with Crippen molar-refractivity contribution in [2.24, 2.45) is 0 Å². The van der Waals surface area contributed by atoms with Gasteiger partial charge in [-0.25, -0.2) is 0 Å². The van der Waals surface area contributed by atoms with Crippen LogP contribution in [0.25, 0.3) is 0 Å². The Morgan fingerprint density at radius 2 is 1.77 bits per heavy atom. The first kappa shape index (κ1) is 22.3. The van der Waals surface area contributed by atoms with Gasteiger partial charge in [-0.05, 0) is 52.2 Å². The van der Waals surface area contributed by atoms with Crippen LogP contribution in [0.15, 0.2) is 47.6 Å². The summed E-state index contributed by atoms with van der Waals surface area (Å²) in [6.07, 6.45) is 5.37. The maximum atomic E-state index is 12.8. The number of benzene rings is 2. The summed E-state index contributed by atoms with van der Waals surface area (Å²) in [5.74, 6) is -1.01. The van der Waals surface area contributed by atoms with Crippen LogP contribution in [0.4, 0.5) is 0 Å². The molecule has 0 saturated heterocycles. The first-order chi connectivity index (χ1) is 14.7. The monoisotopic (exact) mass is 424 g/mol. The van der Waals surface area contributed by atoms with Crippen LogP contribution in [0.2, 0.25) is 0 Å². The SMILES string of the molecule is CC(C)=CCCC(C)=CCc1c(O)cc(O)c2c1O[C@H](c1ccc(O)cc1O)CC2=O. The highest BCUT2D eigenvalue weighted by molar-refractivity contribution is 6.03. The molecule has 1 atom stereocenters. The number of hydrogen-bond acceptors (Lipinski definition) is 6. The van der Waals surface area contributed by atoms with E-state index < -0.39 is 6.10 Å². The van der Waals surface area contributed by atoms with E-state index in [2.05, 4.69) is 19.9 Å². The maximum absolute atomic E-state index is 12.8. The van der Waals surface area contributed by atoms with Gasteiger partial charge in [-0.15, -0.1) is 0 Å². The molecule has 0 saturated carbocycles. The van der Waals surface area contributed by atoms with Gasteiger partial charge in [0.05, 0.1) is 6.42 Å². The standard InChI is InChI=1S/C25H28O6/c1-14(2)5-4-6-15(3)7-9-18-20(28)12-21(29)24-22(30)13-23(31-25(18)24)17-10-8-16(26)11-19(17)27/h5,7-8,10-12,23,26-29H,4,6,9,13H2,1-3H3/t23-/m0/s1. The zero-order valence-corrected chi connectivity index (χ0v) is 18.0. The number of phenolic OH excluding ortho intramolecular Hbond substituents is 4. The summed E-state index contributed by atoms with van der Waals surface area (Å²) in [6, 6.07) is 5.24. The lowest BCUT2D eigenvalue weighted by molar-refractivity contribution is 0.0839. The smallest absolute Gasteiger partial charge is 0.174 e. The third-order valence-electron chi connectivity index (χ3n) is 5.36. The lowest BCUT2D eigenvalue weighted by Gasteiger charge is -2.28. The van der Waals surface area contributed by atoms with Gasteiger partial charge in [-0.1, -0.05) is 23.3 Å². The number of Topliss-reactive ketones (excluding diaryl/α,β-unsaturated/α-hetero) is 1. The number of ether oxygens (including phenoxy) is 1. The summed E-state index contributed by atoms with van der Waals surface area (Å²) in [4.78, 5) is 12.8. The molecule has 6 heteroatoms. The molecule has 0 bridgehead atoms. The fourth-order valence-corrected chi connectivity index (χ4v) is 3.67. The predicted molar refractivity (Wildman–Crippen MR) is 118 cm³/mol. The molecule has 3 rings (SSSR count). The van der Waals surface area contributed by atoms with Crippen molar-refractivity contribution in [2.75, 3.05) is 0 Å². The molecule has 164 valence electrons. The molecule has 4 N–H and O–H groups in total. The van der Waals surface area contributed by atoms with Crippen LogP contribution in [0.3, 0.4) is 0 Å². The molecule has 0 aromatic heterocycles. The van der Waals surface area contributed by atoms with Crippen molar-refractivity contribution in [3.8, 4) is 28.7 Å². The van der Waals surface area contributed by atoms with Gasteiger partial charge in [0, 0.05) is 23.3 Å². The van der Waals surface area contributed by atoms with E-state index in [0.717, 1.165) is 18.4 Å². The first-order valence-electron chi connectivity index (χ1n) is 10.3. The van der Waals surface area contributed by atoms with E-state index in [0.29, 0.717) is 17.5 Å². The molecule has 0 fully saturated rings. The van der Waals surface area contributed by atoms with Crippen LogP contribution >= 0.6 is 0 Å². The Morgan fingerprint density at radius 1 is 1.03 bits per heavy atom. The molecule has 0 spiro atoms. The van der Waals surface area contributed by atoms with E-state index in [1.165, 1.54) is 29.8 Å². The van der Waals surface area contributed by atoms with Crippen molar-refractivity contribution in [1.29, 1.82) is 0 Å². The van der Waals surface area contributed by atoms with Gasteiger partial charge in [0.1, 0.15) is 40.4 Å². The zero-order chi connectivity index (χ0) is 22.7. The number of fused-ring (bicyclic) bond motifs is 1. The highest BCUT2D eigenvalue weighted by Gasteiger charge is 2.34. The second-order valence-electron chi connectivity index (χ2n) is 8.15. The third kappa shape index (κ3) is 5.02. The topological polar surface area (TPSA) is 107 Å². The Kier molecular flexibility index (Phi) is 6.59. The number of phenols is 4. The van der Waals surface area contributed by atoms with Crippen LogP contribution in [0.1, 0.15) is 67.6 Å². The maximum Gasteiger partial charge on any atom is 0.174 e. The van der Waals surface area contributed by atoms with Crippen LogP contribution in [-0.4, -0.2) is 26.2 Å². The second kappa shape index (κ2) is 9.16. The number of allylic oxidation sites excluding steroid dienone is 4. The Balaban J connectivity index is 1.94. The average molecular weight is 424 g/mol. The summed E-state index contributed by atoms with van der Waals surface area (Å²) >= 11 is 0. The highest BCUT2D eigenvalue weighted by Crippen LogP contribution is 2.46. The van der Waals surface area contributed by atoms with Crippen LogP contribution in [0, 0.1) is 0 Å². The molecule has 1 heterocycles. The van der Waals surface area contributed by atoms with Crippen LogP contribution in [-0.2, 0) is 6.42 Å². The molecule has 1 aliphatic rings. The quantitative estimate of drug-likeness (QED) is 0.459. The van der Waals surface area contributed by atoms with Gasteiger partial charge < -0.3 is 25.2 Å². The van der Waals surface area contributed by atoms with Crippen LogP contribution in [0.5, 0.6) is 28.7 Å². The van der Waals surface area contributed by atoms with Gasteiger partial charge >= 0.3 is 0 Å². The molecule has 0 unspecified atom stereocenters. The minimum Gasteiger partial charge on any atom is -0.508 e. The van der Waals surface area contributed by atoms with E-state index in [1.807, 2.05) is 13.0 Å². The number of carbonyl (C=O) groups excluding carboxylic acids is 1. The van der Waals surface area contributed by atoms with E-state index >= 15 is 0 Å². The summed E-state index contributed by atoms with van der Waals surface area (Å²) in [6.45, 7) is 6.11. The fraction of sp³-hybridized carbons (Fsp3) is 0.320. The van der Waals surface area contributed by atoms with E-state index in [-0.39, 0.29) is 46.5 Å². The molecular weight excluding hydrogens is 396 g/mol. The molecule has 0 aliphatic carbocycles. The summed E-state index contributed by atoms with van der Waals surface area (Å²) in [7, 11) is 0. The van der Waals surface area contributed by atoms with Gasteiger partial charge in [-0.3, -0.25) is 4.79 Å².